The monoisotopic (exact) mass is 299 g/mol. The SMILES string of the molecule is COCCN(C)CCNCc1ccc(C(N)=O)cc1Cl. The molecule has 1 amide bonds. The molecule has 3 N–H and O–H groups in total. The Morgan fingerprint density at radius 2 is 2.20 bits per heavy atom. The fraction of sp³-hybridized carbons (Fsp3) is 0.500. The Morgan fingerprint density at radius 3 is 2.80 bits per heavy atom. The number of primary amides is 1. The Morgan fingerprint density at radius 1 is 1.45 bits per heavy atom. The van der Waals surface area contributed by atoms with E-state index in [1.165, 1.54) is 0 Å². The lowest BCUT2D eigenvalue weighted by atomic mass is 10.1. The molecule has 0 bridgehead atoms. The molecule has 0 fully saturated rings. The Kier molecular flexibility index (Phi) is 7.54. The normalized spacial score (nSPS) is 11.0. The van der Waals surface area contributed by atoms with Crippen molar-refractivity contribution in [3.63, 3.8) is 0 Å². The van der Waals surface area contributed by atoms with Crippen LogP contribution in [-0.2, 0) is 11.3 Å². The number of carbonyl (C=O) groups excluding carboxylic acids is 1. The number of nitrogens with zero attached hydrogens (tertiary/aromatic N) is 1. The molecule has 0 heterocycles. The van der Waals surface area contributed by atoms with E-state index >= 15 is 0 Å². The summed E-state index contributed by atoms with van der Waals surface area (Å²) in [5.41, 5.74) is 6.58. The molecule has 5 nitrogen and oxygen atoms in total. The van der Waals surface area contributed by atoms with E-state index in [0.29, 0.717) is 17.1 Å². The average Bonchev–Trinajstić information content (AvgIpc) is 2.42. The van der Waals surface area contributed by atoms with Crippen LogP contribution in [0.1, 0.15) is 15.9 Å². The smallest absolute Gasteiger partial charge is 0.248 e. The number of carbonyl (C=O) groups is 1. The van der Waals surface area contributed by atoms with Gasteiger partial charge in [-0.25, -0.2) is 0 Å². The number of halogens is 1. The molecule has 0 saturated carbocycles. The van der Waals surface area contributed by atoms with E-state index in [4.69, 9.17) is 22.1 Å². The number of hydrogen-bond acceptors (Lipinski definition) is 4. The van der Waals surface area contributed by atoms with Crippen LogP contribution in [0.4, 0.5) is 0 Å². The van der Waals surface area contributed by atoms with Crippen molar-refractivity contribution in [3.8, 4) is 0 Å². The highest BCUT2D eigenvalue weighted by molar-refractivity contribution is 6.31. The highest BCUT2D eigenvalue weighted by Gasteiger charge is 2.05. The molecule has 0 aliphatic heterocycles. The maximum absolute atomic E-state index is 11.0. The van der Waals surface area contributed by atoms with Gasteiger partial charge in [0.2, 0.25) is 5.91 Å². The molecule has 20 heavy (non-hydrogen) atoms. The average molecular weight is 300 g/mol. The van der Waals surface area contributed by atoms with Crippen LogP contribution in [0.25, 0.3) is 0 Å². The minimum atomic E-state index is -0.467. The van der Waals surface area contributed by atoms with Crippen LogP contribution >= 0.6 is 11.6 Å². The molecule has 0 aliphatic carbocycles. The molecule has 0 aliphatic rings. The molecule has 1 rings (SSSR count). The van der Waals surface area contributed by atoms with Gasteiger partial charge in [-0.15, -0.1) is 0 Å². The van der Waals surface area contributed by atoms with Crippen LogP contribution < -0.4 is 11.1 Å². The van der Waals surface area contributed by atoms with Gasteiger partial charge < -0.3 is 20.7 Å². The second-order valence-electron chi connectivity index (χ2n) is 4.64. The summed E-state index contributed by atoms with van der Waals surface area (Å²) in [7, 11) is 3.75. The van der Waals surface area contributed by atoms with E-state index in [1.54, 1.807) is 19.2 Å². The van der Waals surface area contributed by atoms with Crippen LogP contribution in [0.15, 0.2) is 18.2 Å². The van der Waals surface area contributed by atoms with Crippen molar-refractivity contribution in [1.82, 2.24) is 10.2 Å². The number of nitrogens with one attached hydrogen (secondary N) is 1. The molecule has 1 aromatic rings. The number of methoxy groups -OCH3 is 1. The zero-order valence-corrected chi connectivity index (χ0v) is 12.7. The van der Waals surface area contributed by atoms with Gasteiger partial charge >= 0.3 is 0 Å². The molecular formula is C14H22ClN3O2. The molecular weight excluding hydrogens is 278 g/mol. The van der Waals surface area contributed by atoms with Gasteiger partial charge in [0.15, 0.2) is 0 Å². The Bertz CT molecular complexity index is 440. The van der Waals surface area contributed by atoms with Crippen LogP contribution in [0.5, 0.6) is 0 Å². The van der Waals surface area contributed by atoms with Crippen LogP contribution in [0.3, 0.4) is 0 Å². The molecule has 0 spiro atoms. The lowest BCUT2D eigenvalue weighted by molar-refractivity contribution is 0.100. The molecule has 6 heteroatoms. The lowest BCUT2D eigenvalue weighted by Gasteiger charge is -2.16. The molecule has 0 saturated heterocycles. The zero-order valence-electron chi connectivity index (χ0n) is 12.0. The van der Waals surface area contributed by atoms with Crippen molar-refractivity contribution in [1.29, 1.82) is 0 Å². The minimum absolute atomic E-state index is 0.429. The fourth-order valence-corrected chi connectivity index (χ4v) is 1.94. The highest BCUT2D eigenvalue weighted by Crippen LogP contribution is 2.17. The second-order valence-corrected chi connectivity index (χ2v) is 5.05. The Hall–Kier alpha value is -1.14. The first-order valence-electron chi connectivity index (χ1n) is 6.51. The molecule has 1 aromatic carbocycles. The van der Waals surface area contributed by atoms with Gasteiger partial charge in [0.1, 0.15) is 0 Å². The predicted octanol–water partition coefficient (Wildman–Crippen LogP) is 1.11. The summed E-state index contributed by atoms with van der Waals surface area (Å²) in [6.07, 6.45) is 0. The van der Waals surface area contributed by atoms with Crippen molar-refractivity contribution < 1.29 is 9.53 Å². The maximum atomic E-state index is 11.0. The van der Waals surface area contributed by atoms with E-state index < -0.39 is 5.91 Å². The minimum Gasteiger partial charge on any atom is -0.383 e. The number of hydrogen-bond donors (Lipinski definition) is 2. The summed E-state index contributed by atoms with van der Waals surface area (Å²) in [5, 5.41) is 3.87. The number of rotatable bonds is 9. The first-order chi connectivity index (χ1) is 9.54. The molecule has 0 radical (unpaired) electrons. The molecule has 0 atom stereocenters. The van der Waals surface area contributed by atoms with Crippen molar-refractivity contribution in [2.24, 2.45) is 5.73 Å². The lowest BCUT2D eigenvalue weighted by Crippen LogP contribution is -2.31. The number of amides is 1. The molecule has 0 aromatic heterocycles. The van der Waals surface area contributed by atoms with Gasteiger partial charge in [-0.1, -0.05) is 17.7 Å². The summed E-state index contributed by atoms with van der Waals surface area (Å²) in [4.78, 5) is 13.2. The predicted molar refractivity (Wildman–Crippen MR) is 81.0 cm³/mol. The first-order valence-corrected chi connectivity index (χ1v) is 6.89. The van der Waals surface area contributed by atoms with E-state index in [2.05, 4.69) is 17.3 Å². The van der Waals surface area contributed by atoms with Gasteiger partial charge in [-0.2, -0.15) is 0 Å². The van der Waals surface area contributed by atoms with Crippen molar-refractivity contribution in [2.45, 2.75) is 6.54 Å². The quantitative estimate of drug-likeness (QED) is 0.670. The first kappa shape index (κ1) is 16.9. The van der Waals surface area contributed by atoms with E-state index in [0.717, 1.165) is 31.8 Å². The van der Waals surface area contributed by atoms with Gasteiger partial charge in [0, 0.05) is 43.9 Å². The third-order valence-electron chi connectivity index (χ3n) is 3.00. The number of benzene rings is 1. The van der Waals surface area contributed by atoms with E-state index in [9.17, 15) is 4.79 Å². The van der Waals surface area contributed by atoms with Gasteiger partial charge in [0.05, 0.1) is 6.61 Å². The second kappa shape index (κ2) is 8.92. The van der Waals surface area contributed by atoms with Crippen molar-refractivity contribution in [3.05, 3.63) is 34.3 Å². The standard InChI is InChI=1S/C14H22ClN3O2/c1-18(7-8-20-2)6-5-17-10-12-4-3-11(14(16)19)9-13(12)15/h3-4,9,17H,5-8,10H2,1-2H3,(H2,16,19). The zero-order chi connectivity index (χ0) is 15.0. The number of likely N-dealkylation sites (N-methyl/N-ethyl adjacent to an activating group) is 1. The Balaban J connectivity index is 2.33. The van der Waals surface area contributed by atoms with Crippen LogP contribution in [0, 0.1) is 0 Å². The van der Waals surface area contributed by atoms with Crippen LogP contribution in [-0.4, -0.2) is 51.2 Å². The Labute approximate surface area is 125 Å². The maximum Gasteiger partial charge on any atom is 0.248 e. The summed E-state index contributed by atoms with van der Waals surface area (Å²) < 4.78 is 5.02. The largest absolute Gasteiger partial charge is 0.383 e. The third-order valence-corrected chi connectivity index (χ3v) is 3.35. The van der Waals surface area contributed by atoms with Gasteiger partial charge in [-0.3, -0.25) is 4.79 Å². The van der Waals surface area contributed by atoms with Crippen LogP contribution in [0.2, 0.25) is 5.02 Å². The third kappa shape index (κ3) is 5.88. The summed E-state index contributed by atoms with van der Waals surface area (Å²) in [6, 6.07) is 5.12. The highest BCUT2D eigenvalue weighted by atomic mass is 35.5. The van der Waals surface area contributed by atoms with Crippen molar-refractivity contribution >= 4 is 17.5 Å². The fourth-order valence-electron chi connectivity index (χ4n) is 1.70. The van der Waals surface area contributed by atoms with E-state index in [-0.39, 0.29) is 0 Å². The van der Waals surface area contributed by atoms with Gasteiger partial charge in [0.25, 0.3) is 0 Å². The number of ether oxygens (including phenoxy) is 1. The molecule has 0 unspecified atom stereocenters. The van der Waals surface area contributed by atoms with Gasteiger partial charge in [-0.05, 0) is 24.7 Å². The summed E-state index contributed by atoms with van der Waals surface area (Å²) in [6.45, 7) is 4.09. The topological polar surface area (TPSA) is 67.6 Å². The molecule has 112 valence electrons. The summed E-state index contributed by atoms with van der Waals surface area (Å²) >= 11 is 6.11. The number of nitrogens with two attached hydrogens (primary N) is 1. The van der Waals surface area contributed by atoms with E-state index in [1.807, 2.05) is 6.07 Å². The summed E-state index contributed by atoms with van der Waals surface area (Å²) in [5.74, 6) is -0.467. The van der Waals surface area contributed by atoms with Crippen molar-refractivity contribution in [2.75, 3.05) is 40.4 Å².